The van der Waals surface area contributed by atoms with Crippen LogP contribution in [0.5, 0.6) is 0 Å². The van der Waals surface area contributed by atoms with Gasteiger partial charge in [0.05, 0.1) is 17.6 Å². The maximum absolute atomic E-state index is 4.13. The minimum absolute atomic E-state index is 0.388. The van der Waals surface area contributed by atoms with Crippen LogP contribution in [0.1, 0.15) is 25.7 Å². The fourth-order valence-corrected chi connectivity index (χ4v) is 2.41. The molecule has 3 nitrogen and oxygen atoms in total. The monoisotopic (exact) mass is 189 g/mol. The first-order chi connectivity index (χ1) is 6.88. The summed E-state index contributed by atoms with van der Waals surface area (Å²) in [4.78, 5) is 4.13. The fraction of sp³-hybridized carbons (Fsp3) is 0.545. The Hall–Kier alpha value is -1.25. The first kappa shape index (κ1) is 8.09. The third kappa shape index (κ3) is 1.15. The molecule has 1 aliphatic heterocycles. The summed E-state index contributed by atoms with van der Waals surface area (Å²) >= 11 is 0. The van der Waals surface area contributed by atoms with E-state index in [0.29, 0.717) is 5.54 Å². The zero-order valence-corrected chi connectivity index (χ0v) is 8.21. The zero-order valence-electron chi connectivity index (χ0n) is 8.21. The second-order valence-electron chi connectivity index (χ2n) is 4.36. The SMILES string of the molecule is c1cc2c(cn1)NCCC1(CCC1)N2. The highest BCUT2D eigenvalue weighted by Gasteiger charge is 2.37. The van der Waals surface area contributed by atoms with E-state index in [1.807, 2.05) is 12.4 Å². The lowest BCUT2D eigenvalue weighted by Crippen LogP contribution is -2.45. The van der Waals surface area contributed by atoms with Gasteiger partial charge in [-0.1, -0.05) is 0 Å². The third-order valence-corrected chi connectivity index (χ3v) is 3.45. The Morgan fingerprint density at radius 2 is 2.14 bits per heavy atom. The molecule has 1 fully saturated rings. The first-order valence-corrected chi connectivity index (χ1v) is 5.34. The van der Waals surface area contributed by atoms with Gasteiger partial charge in [0.25, 0.3) is 0 Å². The van der Waals surface area contributed by atoms with Gasteiger partial charge in [0.15, 0.2) is 0 Å². The van der Waals surface area contributed by atoms with E-state index in [0.717, 1.165) is 12.2 Å². The standard InChI is InChI=1S/C11H15N3/c1-3-11(4-1)5-7-13-10-8-12-6-2-9(10)14-11/h2,6,8,13-14H,1,3-5,7H2. The van der Waals surface area contributed by atoms with Crippen LogP contribution in [0.25, 0.3) is 0 Å². The third-order valence-electron chi connectivity index (χ3n) is 3.45. The lowest BCUT2D eigenvalue weighted by molar-refractivity contribution is 0.268. The number of hydrogen-bond donors (Lipinski definition) is 2. The van der Waals surface area contributed by atoms with Crippen LogP contribution in [0.4, 0.5) is 11.4 Å². The molecule has 1 aliphatic carbocycles. The molecular weight excluding hydrogens is 174 g/mol. The summed E-state index contributed by atoms with van der Waals surface area (Å²) in [6, 6.07) is 2.06. The van der Waals surface area contributed by atoms with Crippen LogP contribution >= 0.6 is 0 Å². The number of nitrogens with one attached hydrogen (secondary N) is 2. The number of anilines is 2. The Kier molecular flexibility index (Phi) is 1.66. The van der Waals surface area contributed by atoms with Gasteiger partial charge in [-0.15, -0.1) is 0 Å². The van der Waals surface area contributed by atoms with Crippen LogP contribution in [-0.4, -0.2) is 17.1 Å². The van der Waals surface area contributed by atoms with Gasteiger partial charge < -0.3 is 10.6 Å². The summed E-state index contributed by atoms with van der Waals surface area (Å²) in [6.07, 6.45) is 8.98. The van der Waals surface area contributed by atoms with E-state index in [-0.39, 0.29) is 0 Å². The number of hydrogen-bond acceptors (Lipinski definition) is 3. The molecule has 1 aromatic rings. The van der Waals surface area contributed by atoms with E-state index in [4.69, 9.17) is 0 Å². The van der Waals surface area contributed by atoms with E-state index in [1.54, 1.807) is 0 Å². The molecule has 0 radical (unpaired) electrons. The molecule has 14 heavy (non-hydrogen) atoms. The first-order valence-electron chi connectivity index (χ1n) is 5.34. The van der Waals surface area contributed by atoms with E-state index < -0.39 is 0 Å². The van der Waals surface area contributed by atoms with Crippen LogP contribution in [0, 0.1) is 0 Å². The topological polar surface area (TPSA) is 37.0 Å². The predicted octanol–water partition coefficient (Wildman–Crippen LogP) is 2.23. The van der Waals surface area contributed by atoms with Gasteiger partial charge >= 0.3 is 0 Å². The van der Waals surface area contributed by atoms with Gasteiger partial charge in [0.1, 0.15) is 0 Å². The van der Waals surface area contributed by atoms with Crippen molar-refractivity contribution in [2.45, 2.75) is 31.2 Å². The van der Waals surface area contributed by atoms with Crippen molar-refractivity contribution in [3.8, 4) is 0 Å². The molecule has 0 bridgehead atoms. The summed E-state index contributed by atoms with van der Waals surface area (Å²) in [5.74, 6) is 0. The Labute approximate surface area is 83.9 Å². The van der Waals surface area contributed by atoms with Crippen LogP contribution in [-0.2, 0) is 0 Å². The summed E-state index contributed by atoms with van der Waals surface area (Å²) in [7, 11) is 0. The second-order valence-corrected chi connectivity index (χ2v) is 4.36. The molecule has 74 valence electrons. The van der Waals surface area contributed by atoms with Crippen molar-refractivity contribution in [1.82, 2.24) is 4.98 Å². The Morgan fingerprint density at radius 3 is 2.93 bits per heavy atom. The van der Waals surface area contributed by atoms with E-state index in [1.165, 1.54) is 31.4 Å². The second kappa shape index (κ2) is 2.87. The Balaban J connectivity index is 1.94. The number of rotatable bonds is 0. The van der Waals surface area contributed by atoms with E-state index >= 15 is 0 Å². The molecule has 2 N–H and O–H groups in total. The van der Waals surface area contributed by atoms with Crippen LogP contribution in [0.3, 0.4) is 0 Å². The van der Waals surface area contributed by atoms with E-state index in [2.05, 4.69) is 21.7 Å². The van der Waals surface area contributed by atoms with Crippen LogP contribution < -0.4 is 10.6 Å². The minimum atomic E-state index is 0.388. The van der Waals surface area contributed by atoms with Gasteiger partial charge in [-0.3, -0.25) is 4.98 Å². The molecule has 0 saturated heterocycles. The smallest absolute Gasteiger partial charge is 0.0762 e. The largest absolute Gasteiger partial charge is 0.382 e. The van der Waals surface area contributed by atoms with E-state index in [9.17, 15) is 0 Å². The molecule has 0 unspecified atom stereocenters. The molecule has 3 heteroatoms. The molecule has 0 atom stereocenters. The number of aromatic nitrogens is 1. The fourth-order valence-electron chi connectivity index (χ4n) is 2.41. The molecule has 1 aromatic heterocycles. The highest BCUT2D eigenvalue weighted by atomic mass is 15.1. The highest BCUT2D eigenvalue weighted by molar-refractivity contribution is 5.69. The molecule has 3 rings (SSSR count). The Morgan fingerprint density at radius 1 is 1.21 bits per heavy atom. The van der Waals surface area contributed by atoms with Crippen molar-refractivity contribution in [1.29, 1.82) is 0 Å². The quantitative estimate of drug-likeness (QED) is 0.657. The van der Waals surface area contributed by atoms with Crippen molar-refractivity contribution in [2.24, 2.45) is 0 Å². The average Bonchev–Trinajstić information content (AvgIpc) is 2.35. The lowest BCUT2D eigenvalue weighted by Gasteiger charge is -2.42. The highest BCUT2D eigenvalue weighted by Crippen LogP contribution is 2.41. The average molecular weight is 189 g/mol. The van der Waals surface area contributed by atoms with Crippen molar-refractivity contribution in [2.75, 3.05) is 17.2 Å². The summed E-state index contributed by atoms with van der Waals surface area (Å²) in [5, 5.41) is 7.09. The van der Waals surface area contributed by atoms with Crippen LogP contribution in [0.15, 0.2) is 18.5 Å². The van der Waals surface area contributed by atoms with Crippen molar-refractivity contribution >= 4 is 11.4 Å². The molecule has 2 heterocycles. The number of pyridine rings is 1. The normalized spacial score (nSPS) is 22.6. The van der Waals surface area contributed by atoms with Gasteiger partial charge in [0, 0.05) is 18.3 Å². The number of nitrogens with zero attached hydrogens (tertiary/aromatic N) is 1. The molecule has 0 aromatic carbocycles. The van der Waals surface area contributed by atoms with Crippen molar-refractivity contribution in [3.63, 3.8) is 0 Å². The maximum atomic E-state index is 4.13. The lowest BCUT2D eigenvalue weighted by atomic mass is 9.74. The molecule has 2 aliphatic rings. The maximum Gasteiger partial charge on any atom is 0.0762 e. The molecule has 1 saturated carbocycles. The predicted molar refractivity (Wildman–Crippen MR) is 57.5 cm³/mol. The Bertz CT molecular complexity index is 344. The van der Waals surface area contributed by atoms with Gasteiger partial charge in [0.2, 0.25) is 0 Å². The zero-order chi connectivity index (χ0) is 9.43. The van der Waals surface area contributed by atoms with Crippen LogP contribution in [0.2, 0.25) is 0 Å². The number of fused-ring (bicyclic) bond motifs is 1. The summed E-state index contributed by atoms with van der Waals surface area (Å²) in [6.45, 7) is 1.06. The minimum Gasteiger partial charge on any atom is -0.382 e. The summed E-state index contributed by atoms with van der Waals surface area (Å²) in [5.41, 5.74) is 2.76. The van der Waals surface area contributed by atoms with Gasteiger partial charge in [-0.2, -0.15) is 0 Å². The molecule has 1 spiro atoms. The molecule has 0 amide bonds. The van der Waals surface area contributed by atoms with Crippen molar-refractivity contribution in [3.05, 3.63) is 18.5 Å². The van der Waals surface area contributed by atoms with Gasteiger partial charge in [-0.25, -0.2) is 0 Å². The molecular formula is C11H15N3. The van der Waals surface area contributed by atoms with Crippen molar-refractivity contribution < 1.29 is 0 Å². The van der Waals surface area contributed by atoms with Gasteiger partial charge in [-0.05, 0) is 31.7 Å². The summed E-state index contributed by atoms with van der Waals surface area (Å²) < 4.78 is 0.